The van der Waals surface area contributed by atoms with Gasteiger partial charge in [-0.2, -0.15) is 0 Å². The fourth-order valence-corrected chi connectivity index (χ4v) is 3.71. The Kier molecular flexibility index (Phi) is 4.55. The minimum Gasteiger partial charge on any atom is -0.454 e. The Bertz CT molecular complexity index is 953. The summed E-state index contributed by atoms with van der Waals surface area (Å²) in [5, 5.41) is 9.38. The van der Waals surface area contributed by atoms with Crippen LogP contribution in [-0.4, -0.2) is 30.1 Å². The van der Waals surface area contributed by atoms with Gasteiger partial charge in [-0.1, -0.05) is 6.07 Å². The molecule has 1 aliphatic rings. The van der Waals surface area contributed by atoms with Crippen molar-refractivity contribution in [1.29, 1.82) is 0 Å². The van der Waals surface area contributed by atoms with E-state index in [1.807, 2.05) is 29.0 Å². The number of thiazole rings is 1. The molecule has 7 nitrogen and oxygen atoms in total. The number of nitrogens with zero attached hydrogens (tertiary/aromatic N) is 1. The second-order valence-corrected chi connectivity index (χ2v) is 7.12. The van der Waals surface area contributed by atoms with Crippen molar-refractivity contribution in [2.75, 3.05) is 18.7 Å². The highest BCUT2D eigenvalue weighted by Crippen LogP contribution is 2.36. The quantitative estimate of drug-likeness (QED) is 0.703. The zero-order valence-electron chi connectivity index (χ0n) is 13.4. The largest absolute Gasteiger partial charge is 0.454 e. The molecule has 0 bridgehead atoms. The molecule has 4 rings (SSSR count). The molecule has 1 aliphatic heterocycles. The van der Waals surface area contributed by atoms with E-state index in [0.717, 1.165) is 11.3 Å². The zero-order valence-corrected chi connectivity index (χ0v) is 15.0. The lowest BCUT2D eigenvalue weighted by Crippen LogP contribution is -2.32. The first-order valence-electron chi connectivity index (χ1n) is 7.66. The van der Waals surface area contributed by atoms with Gasteiger partial charge in [0.25, 0.3) is 5.91 Å². The molecule has 0 spiro atoms. The van der Waals surface area contributed by atoms with Crippen molar-refractivity contribution in [3.05, 3.63) is 46.0 Å². The van der Waals surface area contributed by atoms with E-state index in [0.29, 0.717) is 21.5 Å². The number of carbonyl (C=O) groups is 2. The highest BCUT2D eigenvalue weighted by atomic mass is 32.1. The topological polar surface area (TPSA) is 89.6 Å². The predicted octanol–water partition coefficient (Wildman–Crippen LogP) is 2.97. The average Bonchev–Trinajstić information content (AvgIpc) is 3.39. The molecular weight excluding hydrogens is 374 g/mol. The molecule has 0 fully saturated rings. The van der Waals surface area contributed by atoms with Crippen LogP contribution in [0.4, 0.5) is 5.13 Å². The first-order chi connectivity index (χ1) is 12.7. The van der Waals surface area contributed by atoms with Gasteiger partial charge in [0.05, 0.1) is 17.1 Å². The number of nitrogens with one attached hydrogen (secondary N) is 2. The molecule has 0 aliphatic carbocycles. The maximum absolute atomic E-state index is 12.0. The van der Waals surface area contributed by atoms with Crippen LogP contribution in [0.5, 0.6) is 11.5 Å². The fourth-order valence-electron chi connectivity index (χ4n) is 2.34. The zero-order chi connectivity index (χ0) is 17.9. The number of rotatable bonds is 5. The van der Waals surface area contributed by atoms with E-state index < -0.39 is 0 Å². The minimum atomic E-state index is -0.332. The molecule has 0 saturated heterocycles. The summed E-state index contributed by atoms with van der Waals surface area (Å²) in [6.07, 6.45) is 0. The van der Waals surface area contributed by atoms with E-state index in [1.165, 1.54) is 22.7 Å². The molecule has 3 aromatic rings. The summed E-state index contributed by atoms with van der Waals surface area (Å²) in [5.41, 5.74) is 1.60. The van der Waals surface area contributed by atoms with E-state index in [4.69, 9.17) is 9.47 Å². The Balaban J connectivity index is 1.36. The van der Waals surface area contributed by atoms with Gasteiger partial charge >= 0.3 is 0 Å². The monoisotopic (exact) mass is 387 g/mol. The Morgan fingerprint density at radius 3 is 2.88 bits per heavy atom. The third-order valence-corrected chi connectivity index (χ3v) is 5.20. The lowest BCUT2D eigenvalue weighted by atomic mass is 10.1. The highest BCUT2D eigenvalue weighted by molar-refractivity contribution is 7.14. The number of anilines is 1. The van der Waals surface area contributed by atoms with Gasteiger partial charge in [-0.15, -0.1) is 22.7 Å². The molecular formula is C17H13N3O4S2. The lowest BCUT2D eigenvalue weighted by Gasteiger charge is -2.03. The van der Waals surface area contributed by atoms with E-state index in [9.17, 15) is 9.59 Å². The van der Waals surface area contributed by atoms with Crippen molar-refractivity contribution in [3.63, 3.8) is 0 Å². The van der Waals surface area contributed by atoms with Gasteiger partial charge in [-0.3, -0.25) is 9.59 Å². The maximum atomic E-state index is 12.0. The van der Waals surface area contributed by atoms with Crippen LogP contribution in [0.2, 0.25) is 0 Å². The Labute approximate surface area is 156 Å². The molecule has 2 N–H and O–H groups in total. The van der Waals surface area contributed by atoms with Crippen LogP contribution in [0.15, 0.2) is 41.1 Å². The van der Waals surface area contributed by atoms with E-state index in [-0.39, 0.29) is 25.2 Å². The van der Waals surface area contributed by atoms with Crippen molar-refractivity contribution in [3.8, 4) is 22.8 Å². The minimum absolute atomic E-state index is 0.115. The summed E-state index contributed by atoms with van der Waals surface area (Å²) < 4.78 is 10.7. The number of hydrogen-bond acceptors (Lipinski definition) is 7. The van der Waals surface area contributed by atoms with Gasteiger partial charge in [-0.05, 0) is 29.6 Å². The predicted molar refractivity (Wildman–Crippen MR) is 99.0 cm³/mol. The van der Waals surface area contributed by atoms with E-state index in [2.05, 4.69) is 15.6 Å². The summed E-state index contributed by atoms with van der Waals surface area (Å²) in [6.45, 7) is 0.101. The van der Waals surface area contributed by atoms with Crippen molar-refractivity contribution in [1.82, 2.24) is 10.3 Å². The second-order valence-electron chi connectivity index (χ2n) is 5.31. The first kappa shape index (κ1) is 16.6. The van der Waals surface area contributed by atoms with Crippen LogP contribution in [0, 0.1) is 0 Å². The van der Waals surface area contributed by atoms with E-state index >= 15 is 0 Å². The average molecular weight is 387 g/mol. The number of amides is 2. The molecule has 26 heavy (non-hydrogen) atoms. The SMILES string of the molecule is O=C(CNC(=O)c1cccs1)Nc1nc(-c2ccc3c(c2)OCO3)cs1. The van der Waals surface area contributed by atoms with Crippen molar-refractivity contribution in [2.45, 2.75) is 0 Å². The normalized spacial score (nSPS) is 12.0. The van der Waals surface area contributed by atoms with Crippen LogP contribution in [0.3, 0.4) is 0 Å². The number of carbonyl (C=O) groups excluding carboxylic acids is 2. The molecule has 9 heteroatoms. The number of ether oxygens (including phenoxy) is 2. The lowest BCUT2D eigenvalue weighted by molar-refractivity contribution is -0.115. The van der Waals surface area contributed by atoms with Crippen LogP contribution < -0.4 is 20.1 Å². The van der Waals surface area contributed by atoms with Gasteiger partial charge < -0.3 is 20.1 Å². The van der Waals surface area contributed by atoms with Crippen molar-refractivity contribution in [2.24, 2.45) is 0 Å². The smallest absolute Gasteiger partial charge is 0.261 e. The summed E-state index contributed by atoms with van der Waals surface area (Å²) >= 11 is 2.64. The fraction of sp³-hybridized carbons (Fsp3) is 0.118. The summed E-state index contributed by atoms with van der Waals surface area (Å²) in [4.78, 5) is 28.8. The van der Waals surface area contributed by atoms with Gasteiger partial charge in [0, 0.05) is 10.9 Å². The molecule has 0 radical (unpaired) electrons. The number of aromatic nitrogens is 1. The van der Waals surface area contributed by atoms with Gasteiger partial charge in [0.1, 0.15) is 0 Å². The van der Waals surface area contributed by atoms with Crippen LogP contribution >= 0.6 is 22.7 Å². The molecule has 0 unspecified atom stereocenters. The highest BCUT2D eigenvalue weighted by Gasteiger charge is 2.16. The Morgan fingerprint density at radius 1 is 1.15 bits per heavy atom. The summed E-state index contributed by atoms with van der Waals surface area (Å²) in [6, 6.07) is 9.05. The number of benzene rings is 1. The second kappa shape index (κ2) is 7.14. The maximum Gasteiger partial charge on any atom is 0.261 e. The number of hydrogen-bond donors (Lipinski definition) is 2. The van der Waals surface area contributed by atoms with Crippen molar-refractivity contribution >= 4 is 39.6 Å². The third kappa shape index (κ3) is 3.53. The standard InChI is InChI=1S/C17H13N3O4S2/c21-15(7-18-16(22)14-2-1-5-25-14)20-17-19-11(8-26-17)10-3-4-12-13(6-10)24-9-23-12/h1-6,8H,7,9H2,(H,18,22)(H,19,20,21). The Hall–Kier alpha value is -2.91. The molecule has 0 saturated carbocycles. The Morgan fingerprint density at radius 2 is 2.04 bits per heavy atom. The van der Waals surface area contributed by atoms with Gasteiger partial charge in [0.15, 0.2) is 16.6 Å². The molecule has 2 aromatic heterocycles. The number of thiophene rings is 1. The molecule has 1 aromatic carbocycles. The molecule has 3 heterocycles. The van der Waals surface area contributed by atoms with Crippen LogP contribution in [0.25, 0.3) is 11.3 Å². The van der Waals surface area contributed by atoms with E-state index in [1.54, 1.807) is 12.1 Å². The van der Waals surface area contributed by atoms with Gasteiger partial charge in [-0.25, -0.2) is 4.98 Å². The summed E-state index contributed by atoms with van der Waals surface area (Å²) in [5.74, 6) is 0.785. The molecule has 132 valence electrons. The van der Waals surface area contributed by atoms with Crippen LogP contribution in [-0.2, 0) is 4.79 Å². The summed E-state index contributed by atoms with van der Waals surface area (Å²) in [7, 11) is 0. The molecule has 0 atom stereocenters. The number of fused-ring (bicyclic) bond motifs is 1. The third-order valence-electron chi connectivity index (χ3n) is 3.57. The van der Waals surface area contributed by atoms with Crippen molar-refractivity contribution < 1.29 is 19.1 Å². The molecule has 2 amide bonds. The van der Waals surface area contributed by atoms with Gasteiger partial charge in [0.2, 0.25) is 12.7 Å². The first-order valence-corrected chi connectivity index (χ1v) is 9.42. The van der Waals surface area contributed by atoms with Crippen LogP contribution in [0.1, 0.15) is 9.67 Å².